The van der Waals surface area contributed by atoms with Crippen LogP contribution in [0.2, 0.25) is 0 Å². The second-order valence-electron chi connectivity index (χ2n) is 6.08. The first-order valence-corrected chi connectivity index (χ1v) is 9.48. The van der Waals surface area contributed by atoms with Gasteiger partial charge in [0.1, 0.15) is 5.82 Å². The molecule has 0 spiro atoms. The van der Waals surface area contributed by atoms with E-state index in [2.05, 4.69) is 4.72 Å². The zero-order chi connectivity index (χ0) is 18.0. The van der Waals surface area contributed by atoms with Gasteiger partial charge in [0.15, 0.2) is 0 Å². The number of carbonyl (C=O) groups is 1. The van der Waals surface area contributed by atoms with Crippen LogP contribution >= 0.6 is 0 Å². The van der Waals surface area contributed by atoms with E-state index in [1.165, 1.54) is 24.6 Å². The van der Waals surface area contributed by atoms with Crippen molar-refractivity contribution in [1.82, 2.24) is 9.62 Å². The predicted octanol–water partition coefficient (Wildman–Crippen LogP) is 2.08. The van der Waals surface area contributed by atoms with Gasteiger partial charge in [-0.25, -0.2) is 12.8 Å². The number of carbonyl (C=O) groups excluding carboxylic acids is 1. The summed E-state index contributed by atoms with van der Waals surface area (Å²) in [5.74, 6) is -0.796. The first-order valence-electron chi connectivity index (χ1n) is 8.00. The van der Waals surface area contributed by atoms with Crippen LogP contribution in [0.25, 0.3) is 0 Å². The van der Waals surface area contributed by atoms with Gasteiger partial charge in [0.2, 0.25) is 15.9 Å². The quantitative estimate of drug-likeness (QED) is 0.906. The molecular formula is C18H19FN2O3S. The molecule has 0 bridgehead atoms. The lowest BCUT2D eigenvalue weighted by Crippen LogP contribution is -2.48. The van der Waals surface area contributed by atoms with E-state index in [1.54, 1.807) is 4.90 Å². The maximum Gasteiger partial charge on any atom is 0.241 e. The number of hydrogen-bond donors (Lipinski definition) is 1. The standard InChI is InChI=1S/C18H19FN2O3S/c1-13(20-25(23,24)17-8-6-16(19)7-9-17)18(22)21-11-10-14-4-2-3-5-15(14)12-21/h2-9,13,20H,10-12H2,1H3/t13-/m0/s1. The lowest BCUT2D eigenvalue weighted by Gasteiger charge is -2.31. The number of halogens is 1. The summed E-state index contributed by atoms with van der Waals surface area (Å²) in [4.78, 5) is 14.2. The SMILES string of the molecule is C[C@H](NS(=O)(=O)c1ccc(F)cc1)C(=O)N1CCc2ccccc2C1. The Bertz CT molecular complexity index is 881. The number of sulfonamides is 1. The number of fused-ring (bicyclic) bond motifs is 1. The highest BCUT2D eigenvalue weighted by atomic mass is 32.2. The van der Waals surface area contributed by atoms with E-state index in [4.69, 9.17) is 0 Å². The van der Waals surface area contributed by atoms with Crippen LogP contribution < -0.4 is 4.72 Å². The van der Waals surface area contributed by atoms with Gasteiger partial charge in [0, 0.05) is 13.1 Å². The van der Waals surface area contributed by atoms with Crippen LogP contribution in [0.3, 0.4) is 0 Å². The van der Waals surface area contributed by atoms with E-state index < -0.39 is 21.9 Å². The van der Waals surface area contributed by atoms with Gasteiger partial charge in [-0.3, -0.25) is 4.79 Å². The van der Waals surface area contributed by atoms with Crippen LogP contribution in [0.1, 0.15) is 18.1 Å². The summed E-state index contributed by atoms with van der Waals surface area (Å²) in [7, 11) is -3.88. The molecule has 5 nitrogen and oxygen atoms in total. The van der Waals surface area contributed by atoms with Crippen molar-refractivity contribution in [2.45, 2.75) is 30.8 Å². The van der Waals surface area contributed by atoms with E-state index in [0.717, 1.165) is 24.1 Å². The van der Waals surface area contributed by atoms with E-state index in [0.29, 0.717) is 13.1 Å². The van der Waals surface area contributed by atoms with Gasteiger partial charge in [-0.2, -0.15) is 4.72 Å². The van der Waals surface area contributed by atoms with Gasteiger partial charge in [0.05, 0.1) is 10.9 Å². The molecule has 1 heterocycles. The topological polar surface area (TPSA) is 66.5 Å². The Hall–Kier alpha value is -2.25. The number of nitrogens with one attached hydrogen (secondary N) is 1. The molecule has 1 aliphatic rings. The number of benzene rings is 2. The highest BCUT2D eigenvalue weighted by Crippen LogP contribution is 2.19. The zero-order valence-electron chi connectivity index (χ0n) is 13.8. The maximum absolute atomic E-state index is 13.0. The maximum atomic E-state index is 13.0. The minimum atomic E-state index is -3.88. The zero-order valence-corrected chi connectivity index (χ0v) is 14.6. The molecule has 0 fully saturated rings. The molecular weight excluding hydrogens is 343 g/mol. The lowest BCUT2D eigenvalue weighted by atomic mass is 9.99. The lowest BCUT2D eigenvalue weighted by molar-refractivity contribution is -0.133. The Kier molecular flexibility index (Phi) is 4.87. The van der Waals surface area contributed by atoms with Gasteiger partial charge in [-0.1, -0.05) is 24.3 Å². The summed E-state index contributed by atoms with van der Waals surface area (Å²) < 4.78 is 40.0. The molecule has 0 saturated carbocycles. The number of nitrogens with zero attached hydrogens (tertiary/aromatic N) is 1. The largest absolute Gasteiger partial charge is 0.337 e. The van der Waals surface area contributed by atoms with E-state index in [9.17, 15) is 17.6 Å². The third-order valence-electron chi connectivity index (χ3n) is 4.27. The summed E-state index contributed by atoms with van der Waals surface area (Å²) in [5, 5.41) is 0. The van der Waals surface area contributed by atoms with Crippen molar-refractivity contribution in [3.63, 3.8) is 0 Å². The fourth-order valence-electron chi connectivity index (χ4n) is 2.92. The molecule has 3 rings (SSSR count). The minimum absolute atomic E-state index is 0.0717. The van der Waals surface area contributed by atoms with Crippen LogP contribution in [0.15, 0.2) is 53.4 Å². The smallest absolute Gasteiger partial charge is 0.241 e. The molecule has 132 valence electrons. The molecule has 0 saturated heterocycles. The monoisotopic (exact) mass is 362 g/mol. The van der Waals surface area contributed by atoms with Crippen LogP contribution in [-0.2, 0) is 27.8 Å². The normalized spacial score (nSPS) is 15.5. The molecule has 25 heavy (non-hydrogen) atoms. The average Bonchev–Trinajstić information content (AvgIpc) is 2.60. The third kappa shape index (κ3) is 3.88. The highest BCUT2D eigenvalue weighted by Gasteiger charge is 2.28. The molecule has 1 aliphatic heterocycles. The van der Waals surface area contributed by atoms with Crippen LogP contribution in [0.5, 0.6) is 0 Å². The second kappa shape index (κ2) is 6.93. The van der Waals surface area contributed by atoms with Gasteiger partial charge in [0.25, 0.3) is 0 Å². The molecule has 0 aliphatic carbocycles. The van der Waals surface area contributed by atoms with Crippen molar-refractivity contribution in [2.75, 3.05) is 6.54 Å². The molecule has 0 aromatic heterocycles. The van der Waals surface area contributed by atoms with E-state index in [-0.39, 0.29) is 10.8 Å². The van der Waals surface area contributed by atoms with E-state index >= 15 is 0 Å². The molecule has 2 aromatic carbocycles. The Balaban J connectivity index is 1.70. The minimum Gasteiger partial charge on any atom is -0.337 e. The van der Waals surface area contributed by atoms with Gasteiger partial charge in [-0.15, -0.1) is 0 Å². The molecule has 1 atom stereocenters. The summed E-state index contributed by atoms with van der Waals surface area (Å²) in [5.41, 5.74) is 2.29. The molecule has 0 radical (unpaired) electrons. The van der Waals surface area contributed by atoms with Crippen LogP contribution in [0, 0.1) is 5.82 Å². The fourth-order valence-corrected chi connectivity index (χ4v) is 4.12. The van der Waals surface area contributed by atoms with Crippen molar-refractivity contribution in [1.29, 1.82) is 0 Å². The molecule has 1 amide bonds. The van der Waals surface area contributed by atoms with Crippen molar-refractivity contribution in [3.05, 3.63) is 65.5 Å². The van der Waals surface area contributed by atoms with Gasteiger partial charge < -0.3 is 4.90 Å². The van der Waals surface area contributed by atoms with Crippen LogP contribution in [-0.4, -0.2) is 31.8 Å². The predicted molar refractivity (Wildman–Crippen MR) is 91.7 cm³/mol. The first-order chi connectivity index (χ1) is 11.9. The Morgan fingerprint density at radius 3 is 2.44 bits per heavy atom. The van der Waals surface area contributed by atoms with Crippen LogP contribution in [0.4, 0.5) is 4.39 Å². The summed E-state index contributed by atoms with van der Waals surface area (Å²) in [6.07, 6.45) is 0.749. The number of rotatable bonds is 4. The Labute approximate surface area is 146 Å². The highest BCUT2D eigenvalue weighted by molar-refractivity contribution is 7.89. The fraction of sp³-hybridized carbons (Fsp3) is 0.278. The van der Waals surface area contributed by atoms with Crippen molar-refractivity contribution in [3.8, 4) is 0 Å². The Morgan fingerprint density at radius 2 is 1.76 bits per heavy atom. The van der Waals surface area contributed by atoms with E-state index in [1.807, 2.05) is 24.3 Å². The molecule has 2 aromatic rings. The number of hydrogen-bond acceptors (Lipinski definition) is 3. The van der Waals surface area contributed by atoms with Crippen molar-refractivity contribution >= 4 is 15.9 Å². The summed E-state index contributed by atoms with van der Waals surface area (Å²) in [6.45, 7) is 2.54. The third-order valence-corrected chi connectivity index (χ3v) is 5.83. The van der Waals surface area contributed by atoms with Crippen molar-refractivity contribution in [2.24, 2.45) is 0 Å². The molecule has 7 heteroatoms. The second-order valence-corrected chi connectivity index (χ2v) is 7.79. The average molecular weight is 362 g/mol. The Morgan fingerprint density at radius 1 is 1.12 bits per heavy atom. The molecule has 1 N–H and O–H groups in total. The first kappa shape index (κ1) is 17.6. The summed E-state index contributed by atoms with van der Waals surface area (Å²) >= 11 is 0. The van der Waals surface area contributed by atoms with Gasteiger partial charge in [-0.05, 0) is 48.7 Å². The number of amides is 1. The van der Waals surface area contributed by atoms with Gasteiger partial charge >= 0.3 is 0 Å². The molecule has 0 unspecified atom stereocenters. The summed E-state index contributed by atoms with van der Waals surface area (Å²) in [6, 6.07) is 11.5. The van der Waals surface area contributed by atoms with Crippen molar-refractivity contribution < 1.29 is 17.6 Å².